The van der Waals surface area contributed by atoms with Crippen molar-refractivity contribution in [1.29, 1.82) is 0 Å². The maximum absolute atomic E-state index is 12.7. The van der Waals surface area contributed by atoms with Crippen LogP contribution in [0, 0.1) is 5.82 Å². The first-order valence-corrected chi connectivity index (χ1v) is 5.26. The summed E-state index contributed by atoms with van der Waals surface area (Å²) in [6.07, 6.45) is 1.18. The van der Waals surface area contributed by atoms with E-state index >= 15 is 0 Å². The van der Waals surface area contributed by atoms with Crippen LogP contribution in [0.25, 0.3) is 0 Å². The molecule has 0 amide bonds. The van der Waals surface area contributed by atoms with E-state index < -0.39 is 11.8 Å². The van der Waals surface area contributed by atoms with Crippen LogP contribution in [0.3, 0.4) is 0 Å². The predicted molar refractivity (Wildman–Crippen MR) is 62.7 cm³/mol. The number of pyridine rings is 1. The van der Waals surface area contributed by atoms with Crippen molar-refractivity contribution in [3.05, 3.63) is 52.9 Å². The molecule has 2 rings (SSSR count). The number of carboxylic acids is 1. The Morgan fingerprint density at radius 1 is 1.33 bits per heavy atom. The third kappa shape index (κ3) is 2.75. The van der Waals surface area contributed by atoms with E-state index in [-0.39, 0.29) is 16.5 Å². The molecule has 0 aliphatic rings. The van der Waals surface area contributed by atoms with Gasteiger partial charge in [-0.15, -0.1) is 0 Å². The average molecular weight is 268 g/mol. The molecule has 6 heteroatoms. The number of carboxylic acid groups (broad SMARTS) is 1. The lowest BCUT2D eigenvalue weighted by Gasteiger charge is -2.06. The van der Waals surface area contributed by atoms with E-state index in [1.165, 1.54) is 36.5 Å². The van der Waals surface area contributed by atoms with Gasteiger partial charge in [0.1, 0.15) is 11.6 Å². The fraction of sp³-hybridized carbons (Fsp3) is 0. The number of halogens is 2. The molecule has 1 aromatic heterocycles. The molecule has 4 nitrogen and oxygen atoms in total. The first kappa shape index (κ1) is 12.3. The van der Waals surface area contributed by atoms with Crippen molar-refractivity contribution in [3.63, 3.8) is 0 Å². The van der Waals surface area contributed by atoms with Crippen molar-refractivity contribution < 1.29 is 19.0 Å². The van der Waals surface area contributed by atoms with Gasteiger partial charge in [-0.25, -0.2) is 14.2 Å². The highest BCUT2D eigenvalue weighted by Gasteiger charge is 2.11. The minimum Gasteiger partial charge on any atom is -0.478 e. The Kier molecular flexibility index (Phi) is 3.43. The number of aromatic carboxylic acids is 1. The van der Waals surface area contributed by atoms with Crippen LogP contribution in [-0.2, 0) is 0 Å². The Bertz CT molecular complexity index is 586. The van der Waals surface area contributed by atoms with Crippen LogP contribution < -0.4 is 4.74 Å². The minimum atomic E-state index is -1.17. The van der Waals surface area contributed by atoms with Gasteiger partial charge >= 0.3 is 5.97 Å². The fourth-order valence-electron chi connectivity index (χ4n) is 1.26. The van der Waals surface area contributed by atoms with Crippen LogP contribution in [-0.4, -0.2) is 16.1 Å². The number of ether oxygens (including phenoxy) is 1. The highest BCUT2D eigenvalue weighted by molar-refractivity contribution is 6.33. The Balaban J connectivity index is 2.27. The van der Waals surface area contributed by atoms with Crippen LogP contribution in [0.2, 0.25) is 5.02 Å². The number of aromatic nitrogens is 1. The third-order valence-corrected chi connectivity index (χ3v) is 2.40. The molecule has 0 unspecified atom stereocenters. The van der Waals surface area contributed by atoms with Crippen molar-refractivity contribution in [2.45, 2.75) is 0 Å². The Hall–Kier alpha value is -2.14. The molecule has 0 bridgehead atoms. The summed E-state index contributed by atoms with van der Waals surface area (Å²) in [5.41, 5.74) is -0.108. The van der Waals surface area contributed by atoms with Gasteiger partial charge in [0.15, 0.2) is 0 Å². The second-order valence-electron chi connectivity index (χ2n) is 3.36. The Labute approximate surface area is 107 Å². The van der Waals surface area contributed by atoms with Crippen LogP contribution in [0.1, 0.15) is 10.4 Å². The summed E-state index contributed by atoms with van der Waals surface area (Å²) in [5.74, 6) is -1.14. The van der Waals surface area contributed by atoms with Crippen molar-refractivity contribution in [3.8, 4) is 11.6 Å². The number of hydrogen-bond donors (Lipinski definition) is 1. The second-order valence-corrected chi connectivity index (χ2v) is 3.77. The molecule has 0 aliphatic carbocycles. The number of rotatable bonds is 3. The van der Waals surface area contributed by atoms with Crippen molar-refractivity contribution in [2.75, 3.05) is 0 Å². The number of hydrogen-bond acceptors (Lipinski definition) is 3. The number of carbonyl (C=O) groups is 1. The van der Waals surface area contributed by atoms with Gasteiger partial charge in [0.25, 0.3) is 0 Å². The Morgan fingerprint density at radius 3 is 2.61 bits per heavy atom. The molecule has 0 saturated carbocycles. The number of benzene rings is 1. The maximum atomic E-state index is 12.7. The standard InChI is InChI=1S/C12H7ClFNO3/c13-10-6-15-11(5-9(10)12(16)17)18-8-3-1-7(14)2-4-8/h1-6H,(H,16,17). The third-order valence-electron chi connectivity index (χ3n) is 2.10. The smallest absolute Gasteiger partial charge is 0.337 e. The van der Waals surface area contributed by atoms with Gasteiger partial charge in [-0.2, -0.15) is 0 Å². The molecule has 1 N–H and O–H groups in total. The largest absolute Gasteiger partial charge is 0.478 e. The highest BCUT2D eigenvalue weighted by Crippen LogP contribution is 2.24. The van der Waals surface area contributed by atoms with Gasteiger partial charge < -0.3 is 9.84 Å². The summed E-state index contributed by atoms with van der Waals surface area (Å²) in [6, 6.07) is 6.47. The molecule has 18 heavy (non-hydrogen) atoms. The predicted octanol–water partition coefficient (Wildman–Crippen LogP) is 3.36. The van der Waals surface area contributed by atoms with Gasteiger partial charge in [0.05, 0.1) is 16.8 Å². The minimum absolute atomic E-state index is 0.0222. The lowest BCUT2D eigenvalue weighted by molar-refractivity contribution is 0.0696. The van der Waals surface area contributed by atoms with E-state index in [1.54, 1.807) is 0 Å². The second kappa shape index (κ2) is 5.01. The molecule has 0 saturated heterocycles. The van der Waals surface area contributed by atoms with Crippen molar-refractivity contribution >= 4 is 17.6 Å². The van der Waals surface area contributed by atoms with Gasteiger partial charge in [-0.05, 0) is 24.3 Å². The van der Waals surface area contributed by atoms with E-state index in [0.717, 1.165) is 0 Å². The maximum Gasteiger partial charge on any atom is 0.337 e. The summed E-state index contributed by atoms with van der Waals surface area (Å²) in [5, 5.41) is 8.90. The van der Waals surface area contributed by atoms with E-state index in [2.05, 4.69) is 4.98 Å². The zero-order valence-electron chi connectivity index (χ0n) is 8.93. The van der Waals surface area contributed by atoms with Crippen LogP contribution in [0.4, 0.5) is 4.39 Å². The quantitative estimate of drug-likeness (QED) is 0.926. The monoisotopic (exact) mass is 267 g/mol. The first-order chi connectivity index (χ1) is 8.56. The zero-order chi connectivity index (χ0) is 13.1. The average Bonchev–Trinajstić information content (AvgIpc) is 2.34. The Morgan fingerprint density at radius 2 is 2.00 bits per heavy atom. The van der Waals surface area contributed by atoms with Crippen LogP contribution in [0.5, 0.6) is 11.6 Å². The fourth-order valence-corrected chi connectivity index (χ4v) is 1.45. The SMILES string of the molecule is O=C(O)c1cc(Oc2ccc(F)cc2)ncc1Cl. The topological polar surface area (TPSA) is 59.4 Å². The van der Waals surface area contributed by atoms with Gasteiger partial charge in [0.2, 0.25) is 5.88 Å². The summed E-state index contributed by atoms with van der Waals surface area (Å²) in [6.45, 7) is 0. The molecular formula is C12H7ClFNO3. The molecule has 1 heterocycles. The summed E-state index contributed by atoms with van der Waals surface area (Å²) >= 11 is 5.67. The zero-order valence-corrected chi connectivity index (χ0v) is 9.69. The summed E-state index contributed by atoms with van der Waals surface area (Å²) < 4.78 is 18.0. The van der Waals surface area contributed by atoms with Crippen molar-refractivity contribution in [1.82, 2.24) is 4.98 Å². The van der Waals surface area contributed by atoms with E-state index in [0.29, 0.717) is 5.75 Å². The normalized spacial score (nSPS) is 10.1. The van der Waals surface area contributed by atoms with E-state index in [9.17, 15) is 9.18 Å². The van der Waals surface area contributed by atoms with E-state index in [1.807, 2.05) is 0 Å². The molecule has 92 valence electrons. The molecule has 0 fully saturated rings. The van der Waals surface area contributed by atoms with Crippen LogP contribution >= 0.6 is 11.6 Å². The van der Waals surface area contributed by atoms with E-state index in [4.69, 9.17) is 21.4 Å². The summed E-state index contributed by atoms with van der Waals surface area (Å²) in [7, 11) is 0. The summed E-state index contributed by atoms with van der Waals surface area (Å²) in [4.78, 5) is 14.7. The molecular weight excluding hydrogens is 261 g/mol. The molecule has 1 aromatic carbocycles. The van der Waals surface area contributed by atoms with Gasteiger partial charge in [-0.1, -0.05) is 11.6 Å². The first-order valence-electron chi connectivity index (χ1n) is 4.88. The molecule has 0 spiro atoms. The highest BCUT2D eigenvalue weighted by atomic mass is 35.5. The molecule has 0 radical (unpaired) electrons. The lowest BCUT2D eigenvalue weighted by Crippen LogP contribution is -1.99. The lowest BCUT2D eigenvalue weighted by atomic mass is 10.2. The molecule has 2 aromatic rings. The molecule has 0 atom stereocenters. The van der Waals surface area contributed by atoms with Gasteiger partial charge in [0, 0.05) is 6.07 Å². The number of nitrogens with zero attached hydrogens (tertiary/aromatic N) is 1. The van der Waals surface area contributed by atoms with Gasteiger partial charge in [-0.3, -0.25) is 0 Å². The van der Waals surface area contributed by atoms with Crippen molar-refractivity contribution in [2.24, 2.45) is 0 Å². The molecule has 0 aliphatic heterocycles. The van der Waals surface area contributed by atoms with Crippen LogP contribution in [0.15, 0.2) is 36.5 Å².